The number of nitrogens with two attached hydrogens (primary N) is 2. The van der Waals surface area contributed by atoms with E-state index in [9.17, 15) is 18.8 Å². The van der Waals surface area contributed by atoms with E-state index in [1.807, 2.05) is 51.1 Å². The van der Waals surface area contributed by atoms with E-state index in [0.717, 1.165) is 17.1 Å². The van der Waals surface area contributed by atoms with Crippen molar-refractivity contribution in [3.8, 4) is 0 Å². The van der Waals surface area contributed by atoms with E-state index < -0.39 is 35.1 Å². The third kappa shape index (κ3) is 5.76. The Bertz CT molecular complexity index is 1190. The van der Waals surface area contributed by atoms with E-state index in [0.29, 0.717) is 5.56 Å². The Morgan fingerprint density at radius 3 is 2.24 bits per heavy atom. The van der Waals surface area contributed by atoms with Crippen LogP contribution < -0.4 is 16.8 Å². The molecule has 0 aliphatic rings. The molecule has 0 saturated heterocycles. The summed E-state index contributed by atoms with van der Waals surface area (Å²) in [5, 5.41) is 2.90. The van der Waals surface area contributed by atoms with Crippen LogP contribution in [0.5, 0.6) is 0 Å². The lowest BCUT2D eigenvalue weighted by molar-refractivity contribution is -0.127. The summed E-state index contributed by atoms with van der Waals surface area (Å²) in [6.45, 7) is 5.49. The summed E-state index contributed by atoms with van der Waals surface area (Å²) in [7, 11) is 0. The maximum absolute atomic E-state index is 13.8. The molecule has 34 heavy (non-hydrogen) atoms. The minimum absolute atomic E-state index is 0.0135. The fraction of sp³-hybridized carbons (Fsp3) is 0.250. The lowest BCUT2D eigenvalue weighted by atomic mass is 10.0. The van der Waals surface area contributed by atoms with Gasteiger partial charge < -0.3 is 21.7 Å². The van der Waals surface area contributed by atoms with E-state index >= 15 is 0 Å². The van der Waals surface area contributed by atoms with Crippen molar-refractivity contribution in [3.05, 3.63) is 82.1 Å². The van der Waals surface area contributed by atoms with Crippen LogP contribution >= 0.6 is 11.5 Å². The van der Waals surface area contributed by atoms with Crippen LogP contribution in [-0.4, -0.2) is 32.5 Å². The van der Waals surface area contributed by atoms with Crippen LogP contribution in [-0.2, 0) is 11.3 Å². The van der Waals surface area contributed by atoms with Gasteiger partial charge in [-0.05, 0) is 55.6 Å². The molecule has 10 heteroatoms. The molecule has 0 saturated carbocycles. The Hall–Kier alpha value is -3.79. The number of halogens is 1. The molecule has 1 aromatic heterocycles. The molecule has 0 bridgehead atoms. The maximum atomic E-state index is 13.8. The minimum Gasteiger partial charge on any atom is -0.395 e. The van der Waals surface area contributed by atoms with Crippen LogP contribution in [0.4, 0.5) is 10.1 Å². The number of rotatable bonds is 7. The molecule has 3 aromatic rings. The van der Waals surface area contributed by atoms with Crippen molar-refractivity contribution in [1.82, 2.24) is 14.6 Å². The van der Waals surface area contributed by atoms with E-state index in [2.05, 4.69) is 9.69 Å². The number of nitrogens with zero attached hydrogens (tertiary/aromatic N) is 2. The smallest absolute Gasteiger partial charge is 0.270 e. The van der Waals surface area contributed by atoms with E-state index in [-0.39, 0.29) is 22.8 Å². The molecule has 0 radical (unpaired) electrons. The molecule has 2 aromatic carbocycles. The highest BCUT2D eigenvalue weighted by molar-refractivity contribution is 7.09. The van der Waals surface area contributed by atoms with Crippen LogP contribution in [0.1, 0.15) is 58.1 Å². The summed E-state index contributed by atoms with van der Waals surface area (Å²) in [5.74, 6) is -2.40. The number of nitrogen functional groups attached to an aromatic ring is 1. The summed E-state index contributed by atoms with van der Waals surface area (Å²) in [4.78, 5) is 40.2. The summed E-state index contributed by atoms with van der Waals surface area (Å²) < 4.78 is 17.6. The molecule has 178 valence electrons. The molecular weight excluding hydrogens is 457 g/mol. The Morgan fingerprint density at radius 1 is 1.09 bits per heavy atom. The first-order chi connectivity index (χ1) is 16.0. The number of hydrogen-bond donors (Lipinski definition) is 3. The molecule has 0 spiro atoms. The van der Waals surface area contributed by atoms with Crippen molar-refractivity contribution in [2.75, 3.05) is 5.73 Å². The van der Waals surface area contributed by atoms with Gasteiger partial charge in [0.1, 0.15) is 16.7 Å². The second kappa shape index (κ2) is 10.0. The quantitative estimate of drug-likeness (QED) is 0.475. The molecule has 8 nitrogen and oxygen atoms in total. The molecule has 0 aliphatic carbocycles. The third-order valence-electron chi connectivity index (χ3n) is 4.86. The number of nitrogens with one attached hydrogen (secondary N) is 1. The highest BCUT2D eigenvalue weighted by Gasteiger charge is 2.36. The number of anilines is 1. The van der Waals surface area contributed by atoms with Crippen molar-refractivity contribution in [3.63, 3.8) is 0 Å². The number of aromatic nitrogens is 1. The average molecular weight is 484 g/mol. The van der Waals surface area contributed by atoms with Crippen molar-refractivity contribution < 1.29 is 18.8 Å². The Balaban J connectivity index is 2.15. The standard InChI is InChI=1S/C24H26FN5O3S/c1-24(2,3)28-22(32)19(15-9-11-16(25)12-10-15)30(13-14-7-5-4-6-8-14)23(33)20-17(26)18(21(27)31)29-34-20/h4-12,19H,13,26H2,1-3H3,(H2,27,31)(H,28,32)/t19-/m1/s1. The van der Waals surface area contributed by atoms with Crippen molar-refractivity contribution in [2.45, 2.75) is 38.9 Å². The van der Waals surface area contributed by atoms with E-state index in [1.54, 1.807) is 0 Å². The molecule has 0 aliphatic heterocycles. The molecule has 1 heterocycles. The number of amides is 3. The van der Waals surface area contributed by atoms with Gasteiger partial charge in [0.15, 0.2) is 5.69 Å². The first kappa shape index (κ1) is 24.8. The van der Waals surface area contributed by atoms with Gasteiger partial charge in [-0.25, -0.2) is 4.39 Å². The minimum atomic E-state index is -1.12. The summed E-state index contributed by atoms with van der Waals surface area (Å²) in [6.07, 6.45) is 0. The van der Waals surface area contributed by atoms with Crippen LogP contribution in [0.25, 0.3) is 0 Å². The van der Waals surface area contributed by atoms with Gasteiger partial charge >= 0.3 is 0 Å². The fourth-order valence-corrected chi connectivity index (χ4v) is 4.14. The third-order valence-corrected chi connectivity index (χ3v) is 5.71. The van der Waals surface area contributed by atoms with Gasteiger partial charge in [-0.15, -0.1) is 0 Å². The first-order valence-electron chi connectivity index (χ1n) is 10.4. The van der Waals surface area contributed by atoms with Gasteiger partial charge in [0.25, 0.3) is 11.8 Å². The van der Waals surface area contributed by atoms with Crippen molar-refractivity contribution in [1.29, 1.82) is 0 Å². The number of carbonyl (C=O) groups excluding carboxylic acids is 3. The van der Waals surface area contributed by atoms with Crippen LogP contribution in [0, 0.1) is 5.82 Å². The highest BCUT2D eigenvalue weighted by atomic mass is 32.1. The molecule has 5 N–H and O–H groups in total. The summed E-state index contributed by atoms with van der Waals surface area (Å²) in [6, 6.07) is 13.3. The topological polar surface area (TPSA) is 131 Å². The average Bonchev–Trinajstić information content (AvgIpc) is 3.15. The highest BCUT2D eigenvalue weighted by Crippen LogP contribution is 2.30. The number of benzene rings is 2. The lowest BCUT2D eigenvalue weighted by Gasteiger charge is -2.33. The monoisotopic (exact) mass is 483 g/mol. The Labute approximate surface area is 200 Å². The van der Waals surface area contributed by atoms with Crippen LogP contribution in [0.2, 0.25) is 0 Å². The van der Waals surface area contributed by atoms with E-state index in [4.69, 9.17) is 11.5 Å². The SMILES string of the molecule is CC(C)(C)NC(=O)[C@@H](c1ccc(F)cc1)N(Cc1ccccc1)C(=O)c1snc(C(N)=O)c1N. The van der Waals surface area contributed by atoms with Crippen molar-refractivity contribution >= 4 is 34.9 Å². The zero-order valence-corrected chi connectivity index (χ0v) is 19.9. The molecule has 0 unspecified atom stereocenters. The predicted octanol–water partition coefficient (Wildman–Crippen LogP) is 3.26. The zero-order valence-electron chi connectivity index (χ0n) is 19.0. The predicted molar refractivity (Wildman–Crippen MR) is 128 cm³/mol. The molecule has 1 atom stereocenters. The normalized spacial score (nSPS) is 12.1. The Kier molecular flexibility index (Phi) is 7.31. The number of primary amides is 1. The first-order valence-corrected chi connectivity index (χ1v) is 11.2. The molecule has 3 rings (SSSR count). The van der Waals surface area contributed by atoms with Gasteiger partial charge in [0.2, 0.25) is 5.91 Å². The second-order valence-corrected chi connectivity index (χ2v) is 9.52. The molecule has 3 amide bonds. The maximum Gasteiger partial charge on any atom is 0.270 e. The number of carbonyl (C=O) groups is 3. The lowest BCUT2D eigenvalue weighted by Crippen LogP contribution is -2.49. The van der Waals surface area contributed by atoms with Gasteiger partial charge in [-0.1, -0.05) is 42.5 Å². The summed E-state index contributed by atoms with van der Waals surface area (Å²) >= 11 is 0.733. The zero-order chi connectivity index (χ0) is 25.0. The largest absolute Gasteiger partial charge is 0.395 e. The van der Waals surface area contributed by atoms with Crippen LogP contribution in [0.15, 0.2) is 54.6 Å². The van der Waals surface area contributed by atoms with Gasteiger partial charge in [0, 0.05) is 12.1 Å². The van der Waals surface area contributed by atoms with E-state index in [1.165, 1.54) is 29.2 Å². The summed E-state index contributed by atoms with van der Waals surface area (Å²) in [5.41, 5.74) is 11.6. The van der Waals surface area contributed by atoms with Gasteiger partial charge in [-0.3, -0.25) is 14.4 Å². The van der Waals surface area contributed by atoms with Gasteiger partial charge in [-0.2, -0.15) is 4.37 Å². The van der Waals surface area contributed by atoms with Crippen molar-refractivity contribution in [2.24, 2.45) is 5.73 Å². The Morgan fingerprint density at radius 2 is 1.71 bits per heavy atom. The molecular formula is C24H26FN5O3S. The van der Waals surface area contributed by atoms with Gasteiger partial charge in [0.05, 0.1) is 5.69 Å². The van der Waals surface area contributed by atoms with Crippen LogP contribution in [0.3, 0.4) is 0 Å². The second-order valence-electron chi connectivity index (χ2n) is 8.75. The fourth-order valence-electron chi connectivity index (χ4n) is 3.38. The molecule has 0 fully saturated rings. The number of hydrogen-bond acceptors (Lipinski definition) is 6.